The van der Waals surface area contributed by atoms with Gasteiger partial charge >= 0.3 is 0 Å². The minimum absolute atomic E-state index is 0.0365. The van der Waals surface area contributed by atoms with E-state index in [0.717, 1.165) is 19.4 Å². The van der Waals surface area contributed by atoms with Gasteiger partial charge in [0.2, 0.25) is 0 Å². The number of nitrogens with one attached hydrogen (secondary N) is 1. The Morgan fingerprint density at radius 1 is 1.41 bits per heavy atom. The van der Waals surface area contributed by atoms with E-state index in [9.17, 15) is 4.79 Å². The fraction of sp³-hybridized carbons (Fsp3) is 0.588. The third kappa shape index (κ3) is 3.42. The summed E-state index contributed by atoms with van der Waals surface area (Å²) in [5, 5.41) is 3.11. The van der Waals surface area contributed by atoms with Crippen molar-refractivity contribution >= 4 is 5.91 Å². The maximum atomic E-state index is 12.3. The van der Waals surface area contributed by atoms with E-state index in [0.29, 0.717) is 43.2 Å². The molecule has 3 atom stereocenters. The molecule has 22 heavy (non-hydrogen) atoms. The van der Waals surface area contributed by atoms with Crippen molar-refractivity contribution in [1.29, 1.82) is 0 Å². The maximum Gasteiger partial charge on any atom is 0.251 e. The van der Waals surface area contributed by atoms with Crippen LogP contribution in [0.4, 0.5) is 0 Å². The normalized spacial score (nSPS) is 26.1. The Morgan fingerprint density at radius 3 is 3.14 bits per heavy atom. The quantitative estimate of drug-likeness (QED) is 0.783. The minimum atomic E-state index is -0.0365. The van der Waals surface area contributed by atoms with Gasteiger partial charge in [-0.15, -0.1) is 0 Å². The number of hydrogen-bond acceptors (Lipinski definition) is 4. The van der Waals surface area contributed by atoms with Crippen molar-refractivity contribution in [3.8, 4) is 5.75 Å². The molecule has 2 fully saturated rings. The van der Waals surface area contributed by atoms with Crippen LogP contribution in [0.5, 0.6) is 5.75 Å². The summed E-state index contributed by atoms with van der Waals surface area (Å²) in [6.45, 7) is 4.50. The molecule has 3 rings (SSSR count). The highest BCUT2D eigenvalue weighted by molar-refractivity contribution is 5.94. The summed E-state index contributed by atoms with van der Waals surface area (Å²) in [5.41, 5.74) is 0.635. The third-order valence-corrected chi connectivity index (χ3v) is 4.38. The van der Waals surface area contributed by atoms with Crippen LogP contribution in [0.3, 0.4) is 0 Å². The zero-order valence-corrected chi connectivity index (χ0v) is 12.9. The highest BCUT2D eigenvalue weighted by Gasteiger charge is 2.45. The van der Waals surface area contributed by atoms with Crippen molar-refractivity contribution in [3.63, 3.8) is 0 Å². The fourth-order valence-corrected chi connectivity index (χ4v) is 3.10. The molecule has 1 aliphatic carbocycles. The van der Waals surface area contributed by atoms with Crippen molar-refractivity contribution in [3.05, 3.63) is 29.8 Å². The number of ether oxygens (including phenoxy) is 3. The molecule has 1 aliphatic heterocycles. The first-order valence-corrected chi connectivity index (χ1v) is 8.01. The Morgan fingerprint density at radius 2 is 2.32 bits per heavy atom. The molecule has 0 radical (unpaired) electrons. The predicted molar refractivity (Wildman–Crippen MR) is 82.1 cm³/mol. The van der Waals surface area contributed by atoms with Gasteiger partial charge in [-0.1, -0.05) is 6.07 Å². The summed E-state index contributed by atoms with van der Waals surface area (Å²) in [5.74, 6) is 1.16. The largest absolute Gasteiger partial charge is 0.491 e. The smallest absolute Gasteiger partial charge is 0.251 e. The zero-order valence-electron chi connectivity index (χ0n) is 12.9. The lowest BCUT2D eigenvalue weighted by atomic mass is 9.76. The van der Waals surface area contributed by atoms with Crippen molar-refractivity contribution in [2.45, 2.75) is 31.9 Å². The summed E-state index contributed by atoms with van der Waals surface area (Å²) < 4.78 is 16.4. The summed E-state index contributed by atoms with van der Waals surface area (Å²) in [7, 11) is 0. The standard InChI is InChI=1S/C17H23NO4/c1-2-20-8-9-21-13-5-3-4-12(10-13)17(19)18-15-11-16-14(15)6-7-22-16/h3-5,10,14-16H,2,6-9,11H2,1H3,(H,18,19)/t14-,15+,16+/m1/s1. The van der Waals surface area contributed by atoms with E-state index in [1.54, 1.807) is 6.07 Å². The van der Waals surface area contributed by atoms with Crippen molar-refractivity contribution in [1.82, 2.24) is 5.32 Å². The van der Waals surface area contributed by atoms with E-state index in [1.807, 2.05) is 25.1 Å². The van der Waals surface area contributed by atoms with Crippen LogP contribution in [0.1, 0.15) is 30.1 Å². The van der Waals surface area contributed by atoms with Crippen LogP contribution in [0.2, 0.25) is 0 Å². The first-order valence-electron chi connectivity index (χ1n) is 8.01. The molecule has 5 nitrogen and oxygen atoms in total. The van der Waals surface area contributed by atoms with Gasteiger partial charge < -0.3 is 19.5 Å². The van der Waals surface area contributed by atoms with Gasteiger partial charge in [-0.25, -0.2) is 0 Å². The number of hydrogen-bond donors (Lipinski definition) is 1. The molecular weight excluding hydrogens is 282 g/mol. The maximum absolute atomic E-state index is 12.3. The molecule has 5 heteroatoms. The molecule has 1 saturated heterocycles. The molecule has 0 bridgehead atoms. The Bertz CT molecular complexity index is 519. The zero-order chi connectivity index (χ0) is 15.4. The van der Waals surface area contributed by atoms with Crippen LogP contribution in [0, 0.1) is 5.92 Å². The van der Waals surface area contributed by atoms with Crippen molar-refractivity contribution < 1.29 is 19.0 Å². The van der Waals surface area contributed by atoms with Crippen LogP contribution < -0.4 is 10.1 Å². The molecule has 1 aromatic carbocycles. The van der Waals surface area contributed by atoms with Gasteiger partial charge in [-0.05, 0) is 38.0 Å². The molecule has 0 unspecified atom stereocenters. The lowest BCUT2D eigenvalue weighted by molar-refractivity contribution is 0.00809. The molecule has 1 N–H and O–H groups in total. The van der Waals surface area contributed by atoms with Gasteiger partial charge in [0, 0.05) is 30.7 Å². The van der Waals surface area contributed by atoms with E-state index < -0.39 is 0 Å². The van der Waals surface area contributed by atoms with E-state index in [1.165, 1.54) is 0 Å². The number of fused-ring (bicyclic) bond motifs is 1. The lowest BCUT2D eigenvalue weighted by Crippen LogP contribution is -2.53. The monoisotopic (exact) mass is 305 g/mol. The van der Waals surface area contributed by atoms with E-state index in [4.69, 9.17) is 14.2 Å². The van der Waals surface area contributed by atoms with Crippen LogP contribution >= 0.6 is 0 Å². The Kier molecular flexibility index (Phi) is 4.95. The number of carbonyl (C=O) groups is 1. The molecule has 0 spiro atoms. The van der Waals surface area contributed by atoms with E-state index in [-0.39, 0.29) is 11.9 Å². The molecular formula is C17H23NO4. The van der Waals surface area contributed by atoms with Gasteiger partial charge in [-0.2, -0.15) is 0 Å². The van der Waals surface area contributed by atoms with Crippen LogP contribution in [0.25, 0.3) is 0 Å². The average molecular weight is 305 g/mol. The second-order valence-electron chi connectivity index (χ2n) is 5.75. The third-order valence-electron chi connectivity index (χ3n) is 4.38. The summed E-state index contributed by atoms with van der Waals surface area (Å²) in [4.78, 5) is 12.3. The van der Waals surface area contributed by atoms with Crippen molar-refractivity contribution in [2.75, 3.05) is 26.4 Å². The van der Waals surface area contributed by atoms with Gasteiger partial charge in [0.15, 0.2) is 0 Å². The predicted octanol–water partition coefficient (Wildman–Crippen LogP) is 2.01. The van der Waals surface area contributed by atoms with Crippen molar-refractivity contribution in [2.24, 2.45) is 5.92 Å². The molecule has 1 amide bonds. The molecule has 0 aromatic heterocycles. The van der Waals surface area contributed by atoms with Crippen LogP contribution in [-0.2, 0) is 9.47 Å². The van der Waals surface area contributed by atoms with Gasteiger partial charge in [0.05, 0.1) is 12.7 Å². The number of benzene rings is 1. The number of rotatable bonds is 7. The van der Waals surface area contributed by atoms with E-state index >= 15 is 0 Å². The second-order valence-corrected chi connectivity index (χ2v) is 5.75. The Labute approximate surface area is 130 Å². The molecule has 1 heterocycles. The highest BCUT2D eigenvalue weighted by atomic mass is 16.5. The number of carbonyl (C=O) groups excluding carboxylic acids is 1. The first-order chi connectivity index (χ1) is 10.8. The molecule has 120 valence electrons. The topological polar surface area (TPSA) is 56.8 Å². The highest BCUT2D eigenvalue weighted by Crippen LogP contribution is 2.38. The van der Waals surface area contributed by atoms with Crippen LogP contribution in [0.15, 0.2) is 24.3 Å². The van der Waals surface area contributed by atoms with Crippen LogP contribution in [-0.4, -0.2) is 44.5 Å². The average Bonchev–Trinajstić information content (AvgIpc) is 2.90. The summed E-state index contributed by atoms with van der Waals surface area (Å²) in [6, 6.07) is 7.54. The Balaban J connectivity index is 1.51. The SMILES string of the molecule is CCOCCOc1cccc(C(=O)N[C@H]2C[C@@H]3OCC[C@H]23)c1. The second kappa shape index (κ2) is 7.11. The lowest BCUT2D eigenvalue weighted by Gasteiger charge is -2.39. The molecule has 1 aromatic rings. The summed E-state index contributed by atoms with van der Waals surface area (Å²) in [6.07, 6.45) is 2.34. The molecule has 2 aliphatic rings. The van der Waals surface area contributed by atoms with Gasteiger partial charge in [0.25, 0.3) is 5.91 Å². The van der Waals surface area contributed by atoms with Gasteiger partial charge in [-0.3, -0.25) is 4.79 Å². The number of amides is 1. The minimum Gasteiger partial charge on any atom is -0.491 e. The fourth-order valence-electron chi connectivity index (χ4n) is 3.10. The van der Waals surface area contributed by atoms with E-state index in [2.05, 4.69) is 5.32 Å². The molecule has 1 saturated carbocycles. The van der Waals surface area contributed by atoms with Gasteiger partial charge in [0.1, 0.15) is 12.4 Å². The first kappa shape index (κ1) is 15.3. The Hall–Kier alpha value is -1.59. The summed E-state index contributed by atoms with van der Waals surface area (Å²) >= 11 is 0.